The van der Waals surface area contributed by atoms with Crippen LogP contribution in [0.2, 0.25) is 0 Å². The van der Waals surface area contributed by atoms with Gasteiger partial charge in [0.1, 0.15) is 6.10 Å². The number of hydrogen-bond donors (Lipinski definition) is 0. The van der Waals surface area contributed by atoms with Crippen molar-refractivity contribution in [1.82, 2.24) is 9.80 Å². The van der Waals surface area contributed by atoms with Crippen LogP contribution in [0.15, 0.2) is 0 Å². The molecule has 2 aliphatic heterocycles. The Balaban J connectivity index is 0.00000288. The second-order valence-electron chi connectivity index (χ2n) is 6.87. The van der Waals surface area contributed by atoms with Gasteiger partial charge < -0.3 is 22.0 Å². The van der Waals surface area contributed by atoms with Crippen LogP contribution in [0.3, 0.4) is 0 Å². The number of ether oxygens (including phenoxy) is 1. The number of halogens is 1. The molecule has 24 heavy (non-hydrogen) atoms. The van der Waals surface area contributed by atoms with Gasteiger partial charge in [-0.1, -0.05) is 26.2 Å². The van der Waals surface area contributed by atoms with Crippen LogP contribution < -0.4 is 12.4 Å². The molecule has 2 rings (SSSR count). The summed E-state index contributed by atoms with van der Waals surface area (Å²) < 4.78 is 5.74. The van der Waals surface area contributed by atoms with Gasteiger partial charge in [-0.25, -0.2) is 0 Å². The van der Waals surface area contributed by atoms with E-state index in [-0.39, 0.29) is 30.4 Å². The lowest BCUT2D eigenvalue weighted by atomic mass is 10.1. The first kappa shape index (κ1) is 21.2. The zero-order chi connectivity index (χ0) is 16.5. The minimum atomic E-state index is -0.177. The van der Waals surface area contributed by atoms with Crippen LogP contribution >= 0.6 is 0 Å². The van der Waals surface area contributed by atoms with Gasteiger partial charge in [-0.15, -0.1) is 0 Å². The molecule has 2 saturated heterocycles. The highest BCUT2D eigenvalue weighted by atomic mass is 35.5. The molecule has 1 unspecified atom stereocenters. The van der Waals surface area contributed by atoms with Gasteiger partial charge in [0.05, 0.1) is 6.54 Å². The number of esters is 1. The number of likely N-dealkylation sites (tertiary alicyclic amines) is 2. The summed E-state index contributed by atoms with van der Waals surface area (Å²) in [6.45, 7) is 6.43. The van der Waals surface area contributed by atoms with E-state index >= 15 is 0 Å². The number of rotatable bonds is 9. The lowest BCUT2D eigenvalue weighted by molar-refractivity contribution is -0.152. The highest BCUT2D eigenvalue weighted by molar-refractivity contribution is 5.78. The number of amides is 1. The molecule has 2 aliphatic rings. The molecule has 6 heteroatoms. The zero-order valence-electron chi connectivity index (χ0n) is 15.0. The van der Waals surface area contributed by atoms with Gasteiger partial charge in [0.25, 0.3) is 0 Å². The second kappa shape index (κ2) is 11.7. The van der Waals surface area contributed by atoms with Crippen LogP contribution in [0.5, 0.6) is 0 Å². The number of nitrogens with zero attached hydrogens (tertiary/aromatic N) is 2. The van der Waals surface area contributed by atoms with E-state index in [0.717, 1.165) is 51.9 Å². The number of carbonyl (C=O) groups excluding carboxylic acids is 2. The molecule has 2 heterocycles. The van der Waals surface area contributed by atoms with E-state index in [1.54, 1.807) is 0 Å². The van der Waals surface area contributed by atoms with Crippen molar-refractivity contribution >= 4 is 11.9 Å². The van der Waals surface area contributed by atoms with Gasteiger partial charge in [-0.2, -0.15) is 0 Å². The second-order valence-corrected chi connectivity index (χ2v) is 6.87. The van der Waals surface area contributed by atoms with Gasteiger partial charge in [0.15, 0.2) is 0 Å². The molecule has 1 atom stereocenters. The highest BCUT2D eigenvalue weighted by Gasteiger charge is 2.27. The number of unbranched alkanes of at least 4 members (excludes halogenated alkanes) is 2. The summed E-state index contributed by atoms with van der Waals surface area (Å²) in [4.78, 5) is 28.2. The van der Waals surface area contributed by atoms with Crippen molar-refractivity contribution in [2.24, 2.45) is 0 Å². The van der Waals surface area contributed by atoms with Gasteiger partial charge in [-0.05, 0) is 38.8 Å². The van der Waals surface area contributed by atoms with E-state index < -0.39 is 0 Å². The lowest BCUT2D eigenvalue weighted by Crippen LogP contribution is -3.00. The molecule has 0 aliphatic carbocycles. The number of carbonyl (C=O) groups is 2. The Labute approximate surface area is 152 Å². The van der Waals surface area contributed by atoms with Crippen molar-refractivity contribution in [3.05, 3.63) is 0 Å². The van der Waals surface area contributed by atoms with Crippen molar-refractivity contribution in [1.29, 1.82) is 0 Å². The molecular formula is C18H32ClN2O3-. The van der Waals surface area contributed by atoms with E-state index in [1.807, 2.05) is 4.90 Å². The normalized spacial score (nSPS) is 19.9. The van der Waals surface area contributed by atoms with Crippen LogP contribution in [0, 0.1) is 0 Å². The SMILES string of the molecule is CCCCCC(=O)OC(CN1CCCCC1)CN1CCCC1=O.[Cl-]. The van der Waals surface area contributed by atoms with Crippen molar-refractivity contribution in [2.75, 3.05) is 32.7 Å². The Kier molecular flexibility index (Phi) is 10.3. The number of piperidine rings is 1. The molecule has 0 N–H and O–H groups in total. The Morgan fingerprint density at radius 3 is 2.46 bits per heavy atom. The smallest absolute Gasteiger partial charge is 0.306 e. The van der Waals surface area contributed by atoms with Crippen LogP contribution in [0.25, 0.3) is 0 Å². The standard InChI is InChI=1S/C18H32N2O3.ClH/c1-2-3-5-10-18(22)23-16(14-19-11-6-4-7-12-19)15-20-13-8-9-17(20)21;/h16H,2-15H2,1H3;1H/p-1. The van der Waals surface area contributed by atoms with Crippen LogP contribution in [-0.4, -0.2) is 60.5 Å². The zero-order valence-corrected chi connectivity index (χ0v) is 15.7. The Morgan fingerprint density at radius 1 is 1.08 bits per heavy atom. The maximum atomic E-state index is 12.1. The first-order valence-electron chi connectivity index (χ1n) is 9.38. The molecule has 0 bridgehead atoms. The van der Waals surface area contributed by atoms with E-state index in [2.05, 4.69) is 11.8 Å². The van der Waals surface area contributed by atoms with Crippen LogP contribution in [0.4, 0.5) is 0 Å². The average molecular weight is 360 g/mol. The molecule has 2 fully saturated rings. The van der Waals surface area contributed by atoms with Crippen LogP contribution in [-0.2, 0) is 14.3 Å². The fourth-order valence-electron chi connectivity index (χ4n) is 3.47. The summed E-state index contributed by atoms with van der Waals surface area (Å²) in [6.07, 6.45) is 8.70. The van der Waals surface area contributed by atoms with E-state index in [1.165, 1.54) is 19.3 Å². The Bertz CT molecular complexity index is 386. The quantitative estimate of drug-likeness (QED) is 0.415. The summed E-state index contributed by atoms with van der Waals surface area (Å²) in [7, 11) is 0. The van der Waals surface area contributed by atoms with Crippen molar-refractivity contribution < 1.29 is 26.7 Å². The van der Waals surface area contributed by atoms with Gasteiger partial charge >= 0.3 is 5.97 Å². The van der Waals surface area contributed by atoms with Gasteiger partial charge in [-0.3, -0.25) is 14.5 Å². The van der Waals surface area contributed by atoms with Crippen molar-refractivity contribution in [3.8, 4) is 0 Å². The maximum absolute atomic E-state index is 12.1. The highest BCUT2D eigenvalue weighted by Crippen LogP contribution is 2.15. The third-order valence-corrected chi connectivity index (χ3v) is 4.79. The third kappa shape index (κ3) is 7.39. The van der Waals surface area contributed by atoms with E-state index in [0.29, 0.717) is 19.4 Å². The molecule has 0 saturated carbocycles. The minimum Gasteiger partial charge on any atom is -1.00 e. The fourth-order valence-corrected chi connectivity index (χ4v) is 3.47. The fraction of sp³-hybridized carbons (Fsp3) is 0.889. The molecule has 0 spiro atoms. The molecule has 0 aromatic heterocycles. The van der Waals surface area contributed by atoms with Gasteiger partial charge in [0, 0.05) is 25.9 Å². The lowest BCUT2D eigenvalue weighted by Gasteiger charge is -2.32. The Morgan fingerprint density at radius 2 is 1.83 bits per heavy atom. The third-order valence-electron chi connectivity index (χ3n) is 4.79. The van der Waals surface area contributed by atoms with Crippen molar-refractivity contribution in [2.45, 2.75) is 70.8 Å². The maximum Gasteiger partial charge on any atom is 0.306 e. The molecule has 0 aromatic carbocycles. The van der Waals surface area contributed by atoms with Crippen molar-refractivity contribution in [3.63, 3.8) is 0 Å². The minimum absolute atomic E-state index is 0. The largest absolute Gasteiger partial charge is 1.00 e. The summed E-state index contributed by atoms with van der Waals surface area (Å²) in [6, 6.07) is 0. The monoisotopic (exact) mass is 359 g/mol. The predicted octanol–water partition coefficient (Wildman–Crippen LogP) is -0.409. The summed E-state index contributed by atoms with van der Waals surface area (Å²) in [5.74, 6) is 0.0998. The van der Waals surface area contributed by atoms with E-state index in [9.17, 15) is 9.59 Å². The predicted molar refractivity (Wildman–Crippen MR) is 90.1 cm³/mol. The van der Waals surface area contributed by atoms with Crippen LogP contribution in [0.1, 0.15) is 64.7 Å². The molecular weight excluding hydrogens is 328 g/mol. The summed E-state index contributed by atoms with van der Waals surface area (Å²) in [5.41, 5.74) is 0. The van der Waals surface area contributed by atoms with Gasteiger partial charge in [0.2, 0.25) is 5.91 Å². The number of hydrogen-bond acceptors (Lipinski definition) is 4. The molecule has 5 nitrogen and oxygen atoms in total. The first-order valence-corrected chi connectivity index (χ1v) is 9.38. The molecule has 1 amide bonds. The van der Waals surface area contributed by atoms with E-state index in [4.69, 9.17) is 4.74 Å². The topological polar surface area (TPSA) is 49.9 Å². The summed E-state index contributed by atoms with van der Waals surface area (Å²) in [5, 5.41) is 0. The molecule has 140 valence electrons. The first-order chi connectivity index (χ1) is 11.2. The molecule has 0 radical (unpaired) electrons. The Hall–Kier alpha value is -0.810. The molecule has 0 aromatic rings. The average Bonchev–Trinajstić information content (AvgIpc) is 2.93. The summed E-state index contributed by atoms with van der Waals surface area (Å²) >= 11 is 0.